The van der Waals surface area contributed by atoms with Gasteiger partial charge in [-0.15, -0.1) is 10.2 Å². The summed E-state index contributed by atoms with van der Waals surface area (Å²) in [5.41, 5.74) is 0.336. The van der Waals surface area contributed by atoms with E-state index >= 15 is 0 Å². The number of nitrogens with zero attached hydrogens (tertiary/aromatic N) is 4. The van der Waals surface area contributed by atoms with Gasteiger partial charge in [0.15, 0.2) is 0 Å². The van der Waals surface area contributed by atoms with Crippen molar-refractivity contribution >= 4 is 23.4 Å². The number of likely N-dealkylation sites (tertiary alicyclic amines) is 1. The van der Waals surface area contributed by atoms with Gasteiger partial charge in [0.1, 0.15) is 0 Å². The Morgan fingerprint density at radius 1 is 1.16 bits per heavy atom. The summed E-state index contributed by atoms with van der Waals surface area (Å²) in [5.74, 6) is -0.0718. The molecule has 0 radical (unpaired) electrons. The third-order valence-electron chi connectivity index (χ3n) is 7.96. The zero-order valence-electron chi connectivity index (χ0n) is 20.9. The third kappa shape index (κ3) is 4.85. The number of carbonyl (C=O) groups is 2. The van der Waals surface area contributed by atoms with Crippen LogP contribution in [-0.4, -0.2) is 61.6 Å². The zero-order valence-corrected chi connectivity index (χ0v) is 21.7. The van der Waals surface area contributed by atoms with Crippen LogP contribution in [0.15, 0.2) is 48.5 Å². The lowest BCUT2D eigenvalue weighted by atomic mass is 9.66. The molecule has 3 aromatic rings. The van der Waals surface area contributed by atoms with Gasteiger partial charge in [0, 0.05) is 40.7 Å². The van der Waals surface area contributed by atoms with Crippen LogP contribution in [0.5, 0.6) is 0 Å². The fraction of sp³-hybridized carbons (Fsp3) is 0.444. The Bertz CT molecular complexity index is 1280. The molecule has 0 spiro atoms. The van der Waals surface area contributed by atoms with Crippen LogP contribution in [0.4, 0.5) is 0 Å². The Kier molecular flexibility index (Phi) is 6.76. The van der Waals surface area contributed by atoms with E-state index in [-0.39, 0.29) is 23.8 Å². The molecule has 2 aliphatic rings. The van der Waals surface area contributed by atoms with E-state index in [1.54, 1.807) is 30.3 Å². The molecule has 1 aromatic heterocycles. The van der Waals surface area contributed by atoms with Gasteiger partial charge in [0.2, 0.25) is 11.7 Å². The first-order valence-corrected chi connectivity index (χ1v) is 13.0. The summed E-state index contributed by atoms with van der Waals surface area (Å²) in [6, 6.07) is 14.1. The van der Waals surface area contributed by atoms with Crippen molar-refractivity contribution in [2.45, 2.75) is 51.2 Å². The Balaban J connectivity index is 1.27. The second kappa shape index (κ2) is 9.87. The maximum Gasteiger partial charge on any atom is 0.251 e. The highest BCUT2D eigenvalue weighted by atomic mass is 35.5. The van der Waals surface area contributed by atoms with Crippen LogP contribution in [-0.2, 0) is 10.4 Å². The lowest BCUT2D eigenvalue weighted by Crippen LogP contribution is -2.58. The molecule has 2 heterocycles. The molecular formula is C27H31ClN6O3. The van der Waals surface area contributed by atoms with E-state index in [1.807, 2.05) is 36.9 Å². The van der Waals surface area contributed by atoms with Crippen molar-refractivity contribution in [3.63, 3.8) is 0 Å². The van der Waals surface area contributed by atoms with Crippen molar-refractivity contribution in [2.75, 3.05) is 13.1 Å². The van der Waals surface area contributed by atoms with Crippen LogP contribution in [0, 0.1) is 11.3 Å². The molecule has 2 fully saturated rings. The lowest BCUT2D eigenvalue weighted by molar-refractivity contribution is -0.156. The number of benzene rings is 2. The molecule has 5 rings (SSSR count). The van der Waals surface area contributed by atoms with Crippen LogP contribution in [0.2, 0.25) is 5.02 Å². The van der Waals surface area contributed by atoms with Gasteiger partial charge in [0.05, 0.1) is 11.5 Å². The van der Waals surface area contributed by atoms with Gasteiger partial charge < -0.3 is 15.3 Å². The number of rotatable bonds is 5. The SMILES string of the molecule is CC1(C)CN(C(=O)[C@H]2CCC[C@H]2NC(=O)c2cccc(-c3nn[nH]n3)c2)CC[C@]1(O)c1ccc(Cl)cc1. The first-order chi connectivity index (χ1) is 17.7. The molecule has 37 heavy (non-hydrogen) atoms. The molecule has 0 unspecified atom stereocenters. The van der Waals surface area contributed by atoms with Crippen molar-refractivity contribution in [1.82, 2.24) is 30.8 Å². The fourth-order valence-corrected chi connectivity index (χ4v) is 5.90. The standard InChI is InChI=1S/C27H31ClN6O3/c1-26(2)16-34(14-13-27(26,37)19-9-11-20(28)12-10-19)25(36)21-7-4-8-22(21)29-24(35)18-6-3-5-17(15-18)23-30-32-33-31-23/h3,5-6,9-12,15,21-22,37H,4,7-8,13-14,16H2,1-2H3,(H,29,35)(H,30,31,32,33)/t21-,22+,27-/m0/s1. The van der Waals surface area contributed by atoms with Crippen molar-refractivity contribution < 1.29 is 14.7 Å². The van der Waals surface area contributed by atoms with E-state index in [1.165, 1.54) is 0 Å². The van der Waals surface area contributed by atoms with Crippen LogP contribution < -0.4 is 5.32 Å². The number of H-pyrrole nitrogens is 1. The number of tetrazole rings is 1. The van der Waals surface area contributed by atoms with E-state index in [0.717, 1.165) is 24.8 Å². The molecule has 10 heteroatoms. The van der Waals surface area contributed by atoms with Gasteiger partial charge in [0.25, 0.3) is 5.91 Å². The quantitative estimate of drug-likeness (QED) is 0.470. The van der Waals surface area contributed by atoms with E-state index in [4.69, 9.17) is 11.6 Å². The number of aliphatic hydroxyl groups is 1. The predicted octanol–water partition coefficient (Wildman–Crippen LogP) is 3.56. The molecule has 1 saturated heterocycles. The van der Waals surface area contributed by atoms with Crippen molar-refractivity contribution in [3.05, 3.63) is 64.7 Å². The number of piperidine rings is 1. The normalized spacial score (nSPS) is 25.1. The second-order valence-corrected chi connectivity index (χ2v) is 11.1. The number of hydrogen-bond donors (Lipinski definition) is 3. The monoisotopic (exact) mass is 522 g/mol. The Morgan fingerprint density at radius 3 is 2.65 bits per heavy atom. The van der Waals surface area contributed by atoms with Crippen LogP contribution in [0.3, 0.4) is 0 Å². The van der Waals surface area contributed by atoms with Gasteiger partial charge in [-0.1, -0.05) is 56.1 Å². The summed E-state index contributed by atoms with van der Waals surface area (Å²) in [7, 11) is 0. The third-order valence-corrected chi connectivity index (χ3v) is 8.21. The Hall–Kier alpha value is -3.30. The highest BCUT2D eigenvalue weighted by Gasteiger charge is 2.50. The van der Waals surface area contributed by atoms with E-state index in [9.17, 15) is 14.7 Å². The highest BCUT2D eigenvalue weighted by Crippen LogP contribution is 2.46. The Labute approximate surface area is 220 Å². The van der Waals surface area contributed by atoms with Gasteiger partial charge in [-0.3, -0.25) is 9.59 Å². The summed E-state index contributed by atoms with van der Waals surface area (Å²) in [4.78, 5) is 28.6. The van der Waals surface area contributed by atoms with Crippen LogP contribution in [0.1, 0.15) is 55.5 Å². The topological polar surface area (TPSA) is 124 Å². The van der Waals surface area contributed by atoms with E-state index in [0.29, 0.717) is 41.5 Å². The number of aromatic amines is 1. The molecule has 194 valence electrons. The fourth-order valence-electron chi connectivity index (χ4n) is 5.77. The molecule has 3 N–H and O–H groups in total. The number of aromatic nitrogens is 4. The van der Waals surface area contributed by atoms with Gasteiger partial charge in [-0.25, -0.2) is 0 Å². The van der Waals surface area contributed by atoms with Crippen molar-refractivity contribution in [3.8, 4) is 11.4 Å². The highest BCUT2D eigenvalue weighted by molar-refractivity contribution is 6.30. The molecule has 2 aromatic carbocycles. The summed E-state index contributed by atoms with van der Waals surface area (Å²) >= 11 is 6.05. The molecule has 1 aliphatic carbocycles. The number of halogens is 1. The minimum Gasteiger partial charge on any atom is -0.384 e. The smallest absolute Gasteiger partial charge is 0.251 e. The molecule has 9 nitrogen and oxygen atoms in total. The molecule has 2 amide bonds. The average Bonchev–Trinajstić information content (AvgIpc) is 3.58. The minimum atomic E-state index is -1.07. The van der Waals surface area contributed by atoms with Gasteiger partial charge >= 0.3 is 0 Å². The largest absolute Gasteiger partial charge is 0.384 e. The van der Waals surface area contributed by atoms with Crippen molar-refractivity contribution in [2.24, 2.45) is 11.3 Å². The maximum atomic E-state index is 13.7. The van der Waals surface area contributed by atoms with Crippen LogP contribution >= 0.6 is 11.6 Å². The summed E-state index contributed by atoms with van der Waals surface area (Å²) in [6.07, 6.45) is 2.78. The van der Waals surface area contributed by atoms with Crippen LogP contribution in [0.25, 0.3) is 11.4 Å². The molecule has 0 bridgehead atoms. The maximum absolute atomic E-state index is 13.7. The number of hydrogen-bond acceptors (Lipinski definition) is 6. The first-order valence-electron chi connectivity index (χ1n) is 12.6. The number of nitrogens with one attached hydrogen (secondary N) is 2. The number of carbonyl (C=O) groups excluding carboxylic acids is 2. The second-order valence-electron chi connectivity index (χ2n) is 10.7. The molecule has 3 atom stereocenters. The lowest BCUT2D eigenvalue weighted by Gasteiger charge is -2.51. The van der Waals surface area contributed by atoms with Crippen molar-refractivity contribution in [1.29, 1.82) is 0 Å². The molecule has 1 aliphatic heterocycles. The average molecular weight is 523 g/mol. The summed E-state index contributed by atoms with van der Waals surface area (Å²) in [5, 5.41) is 29.3. The van der Waals surface area contributed by atoms with E-state index < -0.39 is 11.0 Å². The number of amides is 2. The first kappa shape index (κ1) is 25.4. The van der Waals surface area contributed by atoms with Gasteiger partial charge in [-0.2, -0.15) is 5.21 Å². The Morgan fingerprint density at radius 2 is 1.95 bits per heavy atom. The summed E-state index contributed by atoms with van der Waals surface area (Å²) in [6.45, 7) is 4.86. The minimum absolute atomic E-state index is 0.0366. The summed E-state index contributed by atoms with van der Waals surface area (Å²) < 4.78 is 0. The predicted molar refractivity (Wildman–Crippen MR) is 139 cm³/mol. The zero-order chi connectivity index (χ0) is 26.2. The molecular weight excluding hydrogens is 492 g/mol. The van der Waals surface area contributed by atoms with E-state index in [2.05, 4.69) is 25.9 Å². The molecule has 1 saturated carbocycles. The van der Waals surface area contributed by atoms with Gasteiger partial charge in [-0.05, 0) is 54.3 Å².